The van der Waals surface area contributed by atoms with Gasteiger partial charge in [0.1, 0.15) is 17.3 Å². The molecule has 0 unspecified atom stereocenters. The van der Waals surface area contributed by atoms with Gasteiger partial charge in [-0.25, -0.2) is 4.39 Å². The number of rotatable bonds is 5. The van der Waals surface area contributed by atoms with Crippen molar-refractivity contribution in [2.75, 3.05) is 7.11 Å². The van der Waals surface area contributed by atoms with E-state index in [0.29, 0.717) is 18.5 Å². The second-order valence-electron chi connectivity index (χ2n) is 6.89. The topological polar surface area (TPSA) is 96.1 Å². The number of hydrogen-bond donors (Lipinski definition) is 3. The highest BCUT2D eigenvalue weighted by molar-refractivity contribution is 5.97. The minimum absolute atomic E-state index is 0.211. The smallest absolute Gasteiger partial charge is 0.287 e. The van der Waals surface area contributed by atoms with Crippen LogP contribution in [0, 0.1) is 5.82 Å². The third kappa shape index (κ3) is 3.69. The summed E-state index contributed by atoms with van der Waals surface area (Å²) in [6.07, 6.45) is 1.29. The number of nitrogens with zero attached hydrogens (tertiary/aromatic N) is 1. The summed E-state index contributed by atoms with van der Waals surface area (Å²) >= 11 is 0. The molecule has 1 aliphatic rings. The van der Waals surface area contributed by atoms with E-state index >= 15 is 0 Å². The van der Waals surface area contributed by atoms with Crippen LogP contribution in [-0.4, -0.2) is 29.1 Å². The molecule has 0 atom stereocenters. The molecule has 0 spiro atoms. The van der Waals surface area contributed by atoms with E-state index in [2.05, 4.69) is 21.0 Å². The number of benzene rings is 2. The summed E-state index contributed by atoms with van der Waals surface area (Å²) in [5.41, 5.74) is 6.50. The van der Waals surface area contributed by atoms with Crippen LogP contribution in [0.15, 0.2) is 54.6 Å². The molecule has 1 fully saturated rings. The quantitative estimate of drug-likeness (QED) is 0.580. The SMILES string of the molecule is COc1ccc(-c2cc(C(=O)NNC(=O)C3(c4ccc(F)cc4)CC3)[nH]n2)cc1. The van der Waals surface area contributed by atoms with Gasteiger partial charge in [-0.3, -0.25) is 25.5 Å². The average Bonchev–Trinajstić information content (AvgIpc) is 3.41. The zero-order chi connectivity index (χ0) is 20.4. The minimum Gasteiger partial charge on any atom is -0.497 e. The second kappa shape index (κ2) is 7.38. The van der Waals surface area contributed by atoms with E-state index in [1.165, 1.54) is 12.1 Å². The fourth-order valence-corrected chi connectivity index (χ4v) is 3.19. The summed E-state index contributed by atoms with van der Waals surface area (Å²) in [7, 11) is 1.59. The van der Waals surface area contributed by atoms with Crippen LogP contribution in [0.3, 0.4) is 0 Å². The molecule has 0 aliphatic heterocycles. The Kier molecular flexibility index (Phi) is 4.75. The second-order valence-corrected chi connectivity index (χ2v) is 6.89. The molecule has 148 valence electrons. The first-order chi connectivity index (χ1) is 14.0. The van der Waals surface area contributed by atoms with Gasteiger partial charge in [-0.2, -0.15) is 5.10 Å². The van der Waals surface area contributed by atoms with Gasteiger partial charge in [0.2, 0.25) is 5.91 Å². The summed E-state index contributed by atoms with van der Waals surface area (Å²) in [6.45, 7) is 0. The fraction of sp³-hybridized carbons (Fsp3) is 0.190. The first-order valence-corrected chi connectivity index (χ1v) is 9.08. The van der Waals surface area contributed by atoms with E-state index in [-0.39, 0.29) is 17.4 Å². The Morgan fingerprint density at radius 1 is 1.07 bits per heavy atom. The molecule has 29 heavy (non-hydrogen) atoms. The van der Waals surface area contributed by atoms with Crippen LogP contribution in [0.25, 0.3) is 11.3 Å². The Labute approximate surface area is 166 Å². The van der Waals surface area contributed by atoms with Gasteiger partial charge < -0.3 is 4.74 Å². The molecule has 3 aromatic rings. The summed E-state index contributed by atoms with van der Waals surface area (Å²) < 4.78 is 18.2. The van der Waals surface area contributed by atoms with E-state index in [1.807, 2.05) is 12.1 Å². The molecule has 1 aromatic heterocycles. The van der Waals surface area contributed by atoms with Crippen LogP contribution < -0.4 is 15.6 Å². The molecule has 1 aliphatic carbocycles. The summed E-state index contributed by atoms with van der Waals surface area (Å²) in [5, 5.41) is 6.79. The predicted octanol–water partition coefficient (Wildman–Crippen LogP) is 2.72. The van der Waals surface area contributed by atoms with Gasteiger partial charge in [-0.15, -0.1) is 0 Å². The van der Waals surface area contributed by atoms with E-state index in [9.17, 15) is 14.0 Å². The van der Waals surface area contributed by atoms with Crippen LogP contribution in [0.4, 0.5) is 4.39 Å². The molecule has 7 nitrogen and oxygen atoms in total. The van der Waals surface area contributed by atoms with Gasteiger partial charge in [-0.1, -0.05) is 12.1 Å². The molecule has 0 saturated heterocycles. The zero-order valence-corrected chi connectivity index (χ0v) is 15.7. The number of halogens is 1. The molecule has 1 heterocycles. The van der Waals surface area contributed by atoms with E-state index in [1.54, 1.807) is 37.4 Å². The third-order valence-corrected chi connectivity index (χ3v) is 5.08. The Bertz CT molecular complexity index is 1040. The van der Waals surface area contributed by atoms with Crippen LogP contribution in [-0.2, 0) is 10.2 Å². The third-order valence-electron chi connectivity index (χ3n) is 5.08. The van der Waals surface area contributed by atoms with Gasteiger partial charge in [0.05, 0.1) is 18.2 Å². The molecule has 8 heteroatoms. The maximum absolute atomic E-state index is 13.1. The first kappa shape index (κ1) is 18.7. The maximum Gasteiger partial charge on any atom is 0.287 e. The number of aromatic nitrogens is 2. The number of amides is 2. The van der Waals surface area contributed by atoms with Crippen LogP contribution in [0.2, 0.25) is 0 Å². The molecular formula is C21H19FN4O3. The van der Waals surface area contributed by atoms with E-state index < -0.39 is 11.3 Å². The highest BCUT2D eigenvalue weighted by Crippen LogP contribution is 2.48. The monoisotopic (exact) mass is 394 g/mol. The predicted molar refractivity (Wildman–Crippen MR) is 103 cm³/mol. The Hall–Kier alpha value is -3.68. The fourth-order valence-electron chi connectivity index (χ4n) is 3.19. The van der Waals surface area contributed by atoms with Gasteiger partial charge in [-0.05, 0) is 60.9 Å². The lowest BCUT2D eigenvalue weighted by Crippen LogP contribution is -2.46. The van der Waals surface area contributed by atoms with Gasteiger partial charge in [0.25, 0.3) is 5.91 Å². The van der Waals surface area contributed by atoms with E-state index in [4.69, 9.17) is 4.74 Å². The molecular weight excluding hydrogens is 375 g/mol. The van der Waals surface area contributed by atoms with Crippen LogP contribution in [0.5, 0.6) is 5.75 Å². The Balaban J connectivity index is 1.39. The van der Waals surface area contributed by atoms with Crippen molar-refractivity contribution in [1.29, 1.82) is 0 Å². The Morgan fingerprint density at radius 3 is 2.38 bits per heavy atom. The molecule has 0 bridgehead atoms. The van der Waals surface area contributed by atoms with Gasteiger partial charge in [0, 0.05) is 5.56 Å². The molecule has 3 N–H and O–H groups in total. The number of hydrogen-bond acceptors (Lipinski definition) is 4. The number of ether oxygens (including phenoxy) is 1. The number of H-pyrrole nitrogens is 1. The number of aromatic amines is 1. The lowest BCUT2D eigenvalue weighted by Gasteiger charge is -2.16. The molecule has 0 radical (unpaired) electrons. The number of carbonyl (C=O) groups is 2. The number of hydrazine groups is 1. The number of methoxy groups -OCH3 is 1. The number of carbonyl (C=O) groups excluding carboxylic acids is 2. The van der Waals surface area contributed by atoms with Gasteiger partial charge in [0.15, 0.2) is 0 Å². The van der Waals surface area contributed by atoms with Crippen molar-refractivity contribution in [3.8, 4) is 17.0 Å². The first-order valence-electron chi connectivity index (χ1n) is 9.08. The summed E-state index contributed by atoms with van der Waals surface area (Å²) in [5.74, 6) is -0.474. The molecule has 2 amide bonds. The molecule has 4 rings (SSSR count). The standard InChI is InChI=1S/C21H19FN4O3/c1-29-16-8-2-13(3-9-16)17-12-18(24-23-17)19(27)25-26-20(28)21(10-11-21)14-4-6-15(22)7-5-14/h2-9,12H,10-11H2,1H3,(H,23,24)(H,25,27)(H,26,28). The zero-order valence-electron chi connectivity index (χ0n) is 15.7. The van der Waals surface area contributed by atoms with Gasteiger partial charge >= 0.3 is 0 Å². The van der Waals surface area contributed by atoms with Crippen molar-refractivity contribution in [3.63, 3.8) is 0 Å². The van der Waals surface area contributed by atoms with Crippen molar-refractivity contribution in [2.24, 2.45) is 0 Å². The van der Waals surface area contributed by atoms with Crippen LogP contribution >= 0.6 is 0 Å². The van der Waals surface area contributed by atoms with Crippen molar-refractivity contribution < 1.29 is 18.7 Å². The van der Waals surface area contributed by atoms with Crippen molar-refractivity contribution in [2.45, 2.75) is 18.3 Å². The highest BCUT2D eigenvalue weighted by atomic mass is 19.1. The van der Waals surface area contributed by atoms with Crippen molar-refractivity contribution >= 4 is 11.8 Å². The summed E-state index contributed by atoms with van der Waals surface area (Å²) in [6, 6.07) is 14.7. The molecule has 2 aromatic carbocycles. The van der Waals surface area contributed by atoms with E-state index in [0.717, 1.165) is 16.9 Å². The highest BCUT2D eigenvalue weighted by Gasteiger charge is 2.51. The number of nitrogens with one attached hydrogen (secondary N) is 3. The summed E-state index contributed by atoms with van der Waals surface area (Å²) in [4.78, 5) is 24.9. The average molecular weight is 394 g/mol. The largest absolute Gasteiger partial charge is 0.497 e. The Morgan fingerprint density at radius 2 is 1.76 bits per heavy atom. The molecule has 1 saturated carbocycles. The lowest BCUT2D eigenvalue weighted by atomic mass is 9.95. The minimum atomic E-state index is -0.719. The normalized spacial score (nSPS) is 14.1. The maximum atomic E-state index is 13.1. The lowest BCUT2D eigenvalue weighted by molar-refractivity contribution is -0.124. The van der Waals surface area contributed by atoms with Crippen molar-refractivity contribution in [3.05, 3.63) is 71.7 Å². The van der Waals surface area contributed by atoms with Crippen molar-refractivity contribution in [1.82, 2.24) is 21.0 Å². The van der Waals surface area contributed by atoms with Crippen LogP contribution in [0.1, 0.15) is 28.9 Å².